The molecule has 1 aromatic carbocycles. The van der Waals surface area contributed by atoms with Crippen LogP contribution in [0.3, 0.4) is 0 Å². The lowest BCUT2D eigenvalue weighted by Gasteiger charge is -2.22. The largest absolute Gasteiger partial charge is 0.487 e. The number of para-hydroxylation sites is 1. The summed E-state index contributed by atoms with van der Waals surface area (Å²) in [5.74, 6) is 1.55. The summed E-state index contributed by atoms with van der Waals surface area (Å²) < 4.78 is 5.81. The second-order valence-electron chi connectivity index (χ2n) is 3.97. The molecule has 0 N–H and O–H groups in total. The predicted molar refractivity (Wildman–Crippen MR) is 49.6 cm³/mol. The van der Waals surface area contributed by atoms with Crippen LogP contribution in [0.5, 0.6) is 5.75 Å². The maximum absolute atomic E-state index is 5.81. The number of ether oxygens (including phenoxy) is 1. The lowest BCUT2D eigenvalue weighted by Crippen LogP contribution is -2.28. The average Bonchev–Trinajstić information content (AvgIpc) is 2.24. The smallest absolute Gasteiger partial charge is 0.123 e. The summed E-state index contributed by atoms with van der Waals surface area (Å²) >= 11 is 0. The van der Waals surface area contributed by atoms with Crippen molar-refractivity contribution in [2.24, 2.45) is 0 Å². The third-order valence-corrected chi connectivity index (χ3v) is 2.80. The zero-order valence-corrected chi connectivity index (χ0v) is 7.79. The first-order chi connectivity index (χ1) is 5.61. The van der Waals surface area contributed by atoms with E-state index in [0.29, 0.717) is 5.92 Å². The number of hydrogen-bond donors (Lipinski definition) is 0. The third-order valence-electron chi connectivity index (χ3n) is 2.80. The topological polar surface area (TPSA) is 9.23 Å². The molecule has 64 valence electrons. The Kier molecular flexibility index (Phi) is 1.44. The van der Waals surface area contributed by atoms with Crippen LogP contribution in [0.1, 0.15) is 32.3 Å². The van der Waals surface area contributed by atoms with Gasteiger partial charge in [0, 0.05) is 11.5 Å². The Labute approximate surface area is 73.4 Å². The summed E-state index contributed by atoms with van der Waals surface area (Å²) in [5.41, 5.74) is 1.30. The fraction of sp³-hybridized carbons (Fsp3) is 0.455. The van der Waals surface area contributed by atoms with Crippen LogP contribution < -0.4 is 4.74 Å². The highest BCUT2D eigenvalue weighted by Gasteiger charge is 2.37. The number of fused-ring (bicyclic) bond motifs is 1. The van der Waals surface area contributed by atoms with Gasteiger partial charge >= 0.3 is 0 Å². The summed E-state index contributed by atoms with van der Waals surface area (Å²) in [6, 6.07) is 8.28. The maximum Gasteiger partial charge on any atom is 0.123 e. The molecule has 0 radical (unpaired) electrons. The standard InChI is InChI=1S/C11H14O/c1-8-9-6-4-5-7-10(9)12-11(8,2)3/h4-8H,1-3H3/t8-/m0/s1. The molecule has 0 bridgehead atoms. The molecule has 1 atom stereocenters. The van der Waals surface area contributed by atoms with Crippen LogP contribution in [0.15, 0.2) is 24.3 Å². The van der Waals surface area contributed by atoms with Crippen LogP contribution in [-0.2, 0) is 0 Å². The minimum absolute atomic E-state index is 0.0380. The van der Waals surface area contributed by atoms with Gasteiger partial charge in [-0.05, 0) is 19.9 Å². The van der Waals surface area contributed by atoms with Gasteiger partial charge in [-0.3, -0.25) is 0 Å². The highest BCUT2D eigenvalue weighted by molar-refractivity contribution is 5.41. The molecule has 1 aliphatic heterocycles. The van der Waals surface area contributed by atoms with E-state index < -0.39 is 0 Å². The molecule has 2 rings (SSSR count). The quantitative estimate of drug-likeness (QED) is 0.570. The van der Waals surface area contributed by atoms with E-state index in [1.54, 1.807) is 0 Å². The molecule has 0 saturated heterocycles. The molecule has 0 saturated carbocycles. The van der Waals surface area contributed by atoms with Crippen molar-refractivity contribution in [2.45, 2.75) is 32.3 Å². The van der Waals surface area contributed by atoms with Crippen molar-refractivity contribution in [1.29, 1.82) is 0 Å². The second kappa shape index (κ2) is 2.25. The van der Waals surface area contributed by atoms with E-state index in [2.05, 4.69) is 32.9 Å². The van der Waals surface area contributed by atoms with Gasteiger partial charge in [0.15, 0.2) is 0 Å². The molecule has 1 aliphatic rings. The third kappa shape index (κ3) is 0.927. The normalized spacial score (nSPS) is 24.8. The number of hydrogen-bond acceptors (Lipinski definition) is 1. The Bertz CT molecular complexity index is 302. The molecule has 0 amide bonds. The first kappa shape index (κ1) is 7.66. The van der Waals surface area contributed by atoms with Crippen LogP contribution in [0.25, 0.3) is 0 Å². The van der Waals surface area contributed by atoms with Gasteiger partial charge in [0.1, 0.15) is 11.4 Å². The summed E-state index contributed by atoms with van der Waals surface area (Å²) in [7, 11) is 0. The van der Waals surface area contributed by atoms with Crippen molar-refractivity contribution in [3.05, 3.63) is 29.8 Å². The molecule has 1 heterocycles. The van der Waals surface area contributed by atoms with Crippen molar-refractivity contribution in [3.63, 3.8) is 0 Å². The molecule has 1 heteroatoms. The van der Waals surface area contributed by atoms with Gasteiger partial charge in [-0.15, -0.1) is 0 Å². The monoisotopic (exact) mass is 162 g/mol. The van der Waals surface area contributed by atoms with Gasteiger partial charge in [-0.1, -0.05) is 25.1 Å². The first-order valence-electron chi connectivity index (χ1n) is 4.39. The van der Waals surface area contributed by atoms with E-state index in [1.165, 1.54) is 5.56 Å². The summed E-state index contributed by atoms with van der Waals surface area (Å²) in [5, 5.41) is 0. The summed E-state index contributed by atoms with van der Waals surface area (Å²) in [6.07, 6.45) is 0. The zero-order valence-electron chi connectivity index (χ0n) is 7.79. The van der Waals surface area contributed by atoms with Crippen molar-refractivity contribution in [1.82, 2.24) is 0 Å². The minimum atomic E-state index is -0.0380. The van der Waals surface area contributed by atoms with E-state index in [4.69, 9.17) is 4.74 Å². The van der Waals surface area contributed by atoms with E-state index in [0.717, 1.165) is 5.75 Å². The molecule has 12 heavy (non-hydrogen) atoms. The van der Waals surface area contributed by atoms with Crippen molar-refractivity contribution in [3.8, 4) is 5.75 Å². The fourth-order valence-electron chi connectivity index (χ4n) is 1.68. The number of rotatable bonds is 0. The molecular weight excluding hydrogens is 148 g/mol. The van der Waals surface area contributed by atoms with Gasteiger partial charge in [0.05, 0.1) is 0 Å². The van der Waals surface area contributed by atoms with Crippen molar-refractivity contribution >= 4 is 0 Å². The van der Waals surface area contributed by atoms with Crippen LogP contribution in [0.2, 0.25) is 0 Å². The Morgan fingerprint density at radius 3 is 2.58 bits per heavy atom. The zero-order chi connectivity index (χ0) is 8.77. The predicted octanol–water partition coefficient (Wildman–Crippen LogP) is 2.96. The molecule has 0 unspecified atom stereocenters. The molecule has 0 fully saturated rings. The fourth-order valence-corrected chi connectivity index (χ4v) is 1.68. The highest BCUT2D eigenvalue weighted by atomic mass is 16.5. The van der Waals surface area contributed by atoms with Gasteiger partial charge in [-0.2, -0.15) is 0 Å². The Morgan fingerprint density at radius 2 is 1.92 bits per heavy atom. The second-order valence-corrected chi connectivity index (χ2v) is 3.97. The minimum Gasteiger partial charge on any atom is -0.487 e. The maximum atomic E-state index is 5.81. The lowest BCUT2D eigenvalue weighted by atomic mass is 9.89. The summed E-state index contributed by atoms with van der Waals surface area (Å²) in [6.45, 7) is 6.49. The Morgan fingerprint density at radius 1 is 1.25 bits per heavy atom. The Balaban J connectivity index is 2.49. The van der Waals surface area contributed by atoms with Gasteiger partial charge in [0.25, 0.3) is 0 Å². The first-order valence-corrected chi connectivity index (χ1v) is 4.39. The van der Waals surface area contributed by atoms with Crippen LogP contribution in [0.4, 0.5) is 0 Å². The molecule has 1 aromatic rings. The molecule has 1 nitrogen and oxygen atoms in total. The van der Waals surface area contributed by atoms with Crippen molar-refractivity contribution in [2.75, 3.05) is 0 Å². The molecule has 0 aliphatic carbocycles. The van der Waals surface area contributed by atoms with E-state index in [9.17, 15) is 0 Å². The van der Waals surface area contributed by atoms with Gasteiger partial charge < -0.3 is 4.74 Å². The van der Waals surface area contributed by atoms with Gasteiger partial charge in [0.2, 0.25) is 0 Å². The van der Waals surface area contributed by atoms with Gasteiger partial charge in [-0.25, -0.2) is 0 Å². The van der Waals surface area contributed by atoms with E-state index in [-0.39, 0.29) is 5.60 Å². The molecule has 0 spiro atoms. The van der Waals surface area contributed by atoms with Crippen LogP contribution >= 0.6 is 0 Å². The van der Waals surface area contributed by atoms with Crippen LogP contribution in [-0.4, -0.2) is 5.60 Å². The van der Waals surface area contributed by atoms with Crippen molar-refractivity contribution < 1.29 is 4.74 Å². The van der Waals surface area contributed by atoms with E-state index >= 15 is 0 Å². The molecular formula is C11H14O. The average molecular weight is 162 g/mol. The summed E-state index contributed by atoms with van der Waals surface area (Å²) in [4.78, 5) is 0. The van der Waals surface area contributed by atoms with Crippen LogP contribution in [0, 0.1) is 0 Å². The Hall–Kier alpha value is -0.980. The SMILES string of the molecule is C[C@H]1c2ccccc2OC1(C)C. The molecule has 0 aromatic heterocycles. The highest BCUT2D eigenvalue weighted by Crippen LogP contribution is 2.43. The lowest BCUT2D eigenvalue weighted by molar-refractivity contribution is 0.116. The van der Waals surface area contributed by atoms with E-state index in [1.807, 2.05) is 12.1 Å². The number of benzene rings is 1.